The fraction of sp³-hybridized carbons (Fsp3) is 0.500. The number of hydrogen-bond donors (Lipinski definition) is 2. The second-order valence-corrected chi connectivity index (χ2v) is 10.1. The van der Waals surface area contributed by atoms with Gasteiger partial charge in [-0.05, 0) is 51.9 Å². The van der Waals surface area contributed by atoms with Gasteiger partial charge in [-0.1, -0.05) is 18.7 Å². The number of benzene rings is 2. The number of nitrogens with zero attached hydrogens (tertiary/aromatic N) is 2. The van der Waals surface area contributed by atoms with Gasteiger partial charge in [0, 0.05) is 41.4 Å². The Morgan fingerprint density at radius 2 is 1.97 bits per heavy atom. The molecule has 3 unspecified atom stereocenters. The van der Waals surface area contributed by atoms with Gasteiger partial charge in [0.1, 0.15) is 12.4 Å². The molecule has 0 aromatic heterocycles. The molecule has 36 heavy (non-hydrogen) atoms. The van der Waals surface area contributed by atoms with Crippen LogP contribution in [0.25, 0.3) is 0 Å². The molecule has 0 saturated carbocycles. The van der Waals surface area contributed by atoms with Gasteiger partial charge in [0.05, 0.1) is 19.2 Å². The van der Waals surface area contributed by atoms with E-state index in [2.05, 4.69) is 36.5 Å². The van der Waals surface area contributed by atoms with E-state index >= 15 is 0 Å². The predicted octanol–water partition coefficient (Wildman–Crippen LogP) is 3.40. The van der Waals surface area contributed by atoms with Crippen molar-refractivity contribution in [1.29, 1.82) is 0 Å². The van der Waals surface area contributed by atoms with Crippen LogP contribution >= 0.6 is 0 Å². The maximum absolute atomic E-state index is 11.4. The van der Waals surface area contributed by atoms with Crippen LogP contribution in [0, 0.1) is 13.8 Å². The summed E-state index contributed by atoms with van der Waals surface area (Å²) in [5, 5.41) is 11.4. The molecule has 2 aromatic carbocycles. The van der Waals surface area contributed by atoms with Gasteiger partial charge < -0.3 is 34.7 Å². The number of likely N-dealkylation sites (N-methyl/N-ethyl adjacent to an activating group) is 1. The van der Waals surface area contributed by atoms with E-state index in [1.165, 1.54) is 0 Å². The molecule has 2 aromatic rings. The lowest BCUT2D eigenvalue weighted by atomic mass is 9.80. The molecular weight excluding hydrogens is 458 g/mol. The fourth-order valence-corrected chi connectivity index (χ4v) is 6.53. The number of phenols is 1. The molecule has 8 nitrogen and oxygen atoms in total. The first-order chi connectivity index (χ1) is 17.3. The molecular formula is C28H37N3O5. The third kappa shape index (κ3) is 3.62. The van der Waals surface area contributed by atoms with Crippen LogP contribution in [0.1, 0.15) is 45.5 Å². The number of rotatable bonds is 6. The normalized spacial score (nSPS) is 22.5. The summed E-state index contributed by atoms with van der Waals surface area (Å²) in [6.07, 6.45) is 3.27. The number of phenolic OH excluding ortho intramolecular Hbond substituents is 1. The van der Waals surface area contributed by atoms with Gasteiger partial charge in [-0.15, -0.1) is 0 Å². The average Bonchev–Trinajstić information content (AvgIpc) is 3.28. The third-order valence-corrected chi connectivity index (χ3v) is 7.90. The van der Waals surface area contributed by atoms with Crippen molar-refractivity contribution in [2.75, 3.05) is 47.7 Å². The van der Waals surface area contributed by atoms with E-state index in [-0.39, 0.29) is 30.7 Å². The minimum absolute atomic E-state index is 0.0477. The van der Waals surface area contributed by atoms with E-state index in [1.54, 1.807) is 13.2 Å². The molecule has 3 N–H and O–H groups in total. The molecule has 3 aliphatic rings. The largest absolute Gasteiger partial charge is 0.504 e. The molecule has 194 valence electrons. The Morgan fingerprint density at radius 3 is 2.64 bits per heavy atom. The van der Waals surface area contributed by atoms with Gasteiger partial charge in [0.2, 0.25) is 6.79 Å². The number of ether oxygens (including phenoxy) is 4. The molecule has 0 bridgehead atoms. The van der Waals surface area contributed by atoms with Crippen LogP contribution in [-0.4, -0.2) is 68.6 Å². The van der Waals surface area contributed by atoms with Gasteiger partial charge in [-0.2, -0.15) is 0 Å². The lowest BCUT2D eigenvalue weighted by molar-refractivity contribution is 0.0620. The summed E-state index contributed by atoms with van der Waals surface area (Å²) in [4.78, 5) is 4.68. The molecule has 3 heterocycles. The summed E-state index contributed by atoms with van der Waals surface area (Å²) in [7, 11) is 5.74. The molecule has 3 aliphatic heterocycles. The number of aryl methyl sites for hydroxylation is 1. The smallest absolute Gasteiger partial charge is 0.231 e. The summed E-state index contributed by atoms with van der Waals surface area (Å²) in [6.45, 7) is 9.64. The van der Waals surface area contributed by atoms with Crippen LogP contribution in [0.15, 0.2) is 18.7 Å². The molecule has 0 aliphatic carbocycles. The fourth-order valence-electron chi connectivity index (χ4n) is 6.53. The SMILES string of the molecule is C=CCOc1c(C)c2c(c3c1CC1C(N(C)C)c4c(cc(C)c(OC)c4O)CCN1C3CN)OCO2. The van der Waals surface area contributed by atoms with Crippen molar-refractivity contribution >= 4 is 0 Å². The van der Waals surface area contributed by atoms with Crippen LogP contribution in [0.4, 0.5) is 0 Å². The molecule has 8 heteroatoms. The van der Waals surface area contributed by atoms with Gasteiger partial charge in [-0.25, -0.2) is 0 Å². The standard InChI is InChI=1S/C28H37N3O5/c1-7-10-34-26-16(3)27-28(36-14-35-27)22-18(26)12-19-23(30(4)5)21-17(8-9-31(19)20(22)13-29)11-15(2)25(33-6)24(21)32/h7,11,19-20,23,32H,1,8-10,12-14,29H2,2-6H3. The first kappa shape index (κ1) is 24.7. The Kier molecular flexibility index (Phi) is 6.53. The summed E-state index contributed by atoms with van der Waals surface area (Å²) in [6, 6.07) is 2.04. The minimum Gasteiger partial charge on any atom is -0.504 e. The highest BCUT2D eigenvalue weighted by atomic mass is 16.7. The van der Waals surface area contributed by atoms with Crippen molar-refractivity contribution in [1.82, 2.24) is 9.80 Å². The van der Waals surface area contributed by atoms with Crippen LogP contribution in [0.2, 0.25) is 0 Å². The van der Waals surface area contributed by atoms with E-state index in [0.29, 0.717) is 25.3 Å². The minimum atomic E-state index is -0.0859. The predicted molar refractivity (Wildman–Crippen MR) is 139 cm³/mol. The molecule has 0 fully saturated rings. The Balaban J connectivity index is 1.73. The molecule has 3 atom stereocenters. The van der Waals surface area contributed by atoms with E-state index in [9.17, 15) is 5.11 Å². The highest BCUT2D eigenvalue weighted by molar-refractivity contribution is 5.66. The Labute approximate surface area is 213 Å². The van der Waals surface area contributed by atoms with Gasteiger partial charge in [-0.3, -0.25) is 4.90 Å². The van der Waals surface area contributed by atoms with Gasteiger partial charge in [0.15, 0.2) is 23.0 Å². The zero-order chi connectivity index (χ0) is 25.7. The lowest BCUT2D eigenvalue weighted by Gasteiger charge is -2.47. The monoisotopic (exact) mass is 495 g/mol. The first-order valence-corrected chi connectivity index (χ1v) is 12.5. The molecule has 0 amide bonds. The topological polar surface area (TPSA) is 89.7 Å². The van der Waals surface area contributed by atoms with E-state index in [4.69, 9.17) is 24.7 Å². The highest BCUT2D eigenvalue weighted by Crippen LogP contribution is 2.55. The van der Waals surface area contributed by atoms with Crippen molar-refractivity contribution in [3.63, 3.8) is 0 Å². The molecule has 0 spiro atoms. The quantitative estimate of drug-likeness (QED) is 0.590. The summed E-state index contributed by atoms with van der Waals surface area (Å²) in [5.41, 5.74) is 12.6. The van der Waals surface area contributed by atoms with Crippen LogP contribution in [0.5, 0.6) is 28.7 Å². The zero-order valence-corrected chi connectivity index (χ0v) is 21.9. The van der Waals surface area contributed by atoms with Crippen molar-refractivity contribution in [2.45, 2.75) is 44.8 Å². The Hall–Kier alpha value is -2.94. The van der Waals surface area contributed by atoms with Crippen LogP contribution in [-0.2, 0) is 12.8 Å². The zero-order valence-electron chi connectivity index (χ0n) is 21.9. The summed E-state index contributed by atoms with van der Waals surface area (Å²) >= 11 is 0. The second kappa shape index (κ2) is 9.50. The average molecular weight is 496 g/mol. The van der Waals surface area contributed by atoms with Crippen molar-refractivity contribution in [2.24, 2.45) is 5.73 Å². The van der Waals surface area contributed by atoms with E-state index < -0.39 is 0 Å². The molecule has 0 radical (unpaired) electrons. The first-order valence-electron chi connectivity index (χ1n) is 12.5. The van der Waals surface area contributed by atoms with Crippen molar-refractivity contribution < 1.29 is 24.1 Å². The molecule has 0 saturated heterocycles. The second-order valence-electron chi connectivity index (χ2n) is 10.1. The number of hydrogen-bond acceptors (Lipinski definition) is 8. The Morgan fingerprint density at radius 1 is 1.22 bits per heavy atom. The number of aromatic hydroxyl groups is 1. The van der Waals surface area contributed by atoms with Crippen molar-refractivity contribution in [3.05, 3.63) is 52.1 Å². The number of nitrogens with two attached hydrogens (primary N) is 1. The summed E-state index contributed by atoms with van der Waals surface area (Å²) in [5.74, 6) is 3.11. The number of methoxy groups -OCH3 is 1. The van der Waals surface area contributed by atoms with Gasteiger partial charge >= 0.3 is 0 Å². The third-order valence-electron chi connectivity index (χ3n) is 7.90. The molecule has 5 rings (SSSR count). The van der Waals surface area contributed by atoms with Crippen molar-refractivity contribution in [3.8, 4) is 28.7 Å². The highest BCUT2D eigenvalue weighted by Gasteiger charge is 2.47. The van der Waals surface area contributed by atoms with Crippen LogP contribution in [0.3, 0.4) is 0 Å². The summed E-state index contributed by atoms with van der Waals surface area (Å²) < 4.78 is 23.8. The lowest BCUT2D eigenvalue weighted by Crippen LogP contribution is -2.51. The maximum Gasteiger partial charge on any atom is 0.231 e. The van der Waals surface area contributed by atoms with E-state index in [0.717, 1.165) is 63.6 Å². The van der Waals surface area contributed by atoms with Gasteiger partial charge in [0.25, 0.3) is 0 Å². The van der Waals surface area contributed by atoms with Crippen LogP contribution < -0.4 is 24.7 Å². The number of fused-ring (bicyclic) bond motifs is 5. The maximum atomic E-state index is 11.4. The Bertz CT molecular complexity index is 1190. The van der Waals surface area contributed by atoms with E-state index in [1.807, 2.05) is 13.8 Å².